The third kappa shape index (κ3) is 1.85. The van der Waals surface area contributed by atoms with Gasteiger partial charge in [0.05, 0.1) is 11.6 Å². The Morgan fingerprint density at radius 2 is 2.08 bits per heavy atom. The van der Waals surface area contributed by atoms with Crippen molar-refractivity contribution in [3.63, 3.8) is 0 Å². The quantitative estimate of drug-likeness (QED) is 0.655. The number of ether oxygens (including phenoxy) is 1. The summed E-state index contributed by atoms with van der Waals surface area (Å²) in [7, 11) is 0. The van der Waals surface area contributed by atoms with Gasteiger partial charge in [0, 0.05) is 6.07 Å². The smallest absolute Gasteiger partial charge is 0.183 e. The molecule has 1 rings (SSSR count). The molecule has 1 nitrogen and oxygen atoms in total. The molecule has 0 N–H and O–H groups in total. The van der Waals surface area contributed by atoms with Gasteiger partial charge in [0.25, 0.3) is 0 Å². The first kappa shape index (κ1) is 9.26. The largest absolute Gasteiger partial charge is 0.491 e. The Bertz CT molecular complexity index is 289. The van der Waals surface area contributed by atoms with Crippen molar-refractivity contribution in [2.75, 3.05) is 6.61 Å². The van der Waals surface area contributed by atoms with Gasteiger partial charge in [-0.25, -0.2) is 8.78 Å². The van der Waals surface area contributed by atoms with Crippen molar-refractivity contribution in [2.45, 2.75) is 6.92 Å². The zero-order valence-electron chi connectivity index (χ0n) is 6.40. The van der Waals surface area contributed by atoms with Crippen LogP contribution < -0.4 is 4.74 Å². The van der Waals surface area contributed by atoms with Crippen LogP contribution in [0.3, 0.4) is 0 Å². The summed E-state index contributed by atoms with van der Waals surface area (Å²) >= 11 is 5.36. The number of benzene rings is 1. The summed E-state index contributed by atoms with van der Waals surface area (Å²) in [6, 6.07) is 1.87. The van der Waals surface area contributed by atoms with Gasteiger partial charge in [0.2, 0.25) is 0 Å². The highest BCUT2D eigenvalue weighted by Crippen LogP contribution is 2.25. The second-order valence-electron chi connectivity index (χ2n) is 2.13. The van der Waals surface area contributed by atoms with Crippen LogP contribution in [0.5, 0.6) is 5.75 Å². The van der Waals surface area contributed by atoms with Crippen molar-refractivity contribution >= 4 is 11.6 Å². The van der Waals surface area contributed by atoms with E-state index in [1.54, 1.807) is 6.92 Å². The Labute approximate surface area is 73.9 Å². The van der Waals surface area contributed by atoms with E-state index < -0.39 is 11.6 Å². The second-order valence-corrected chi connectivity index (χ2v) is 2.54. The summed E-state index contributed by atoms with van der Waals surface area (Å²) in [6.07, 6.45) is 0. The Hall–Kier alpha value is -0.830. The molecule has 1 aromatic carbocycles. The molecule has 0 saturated heterocycles. The summed E-state index contributed by atoms with van der Waals surface area (Å²) in [5.74, 6) is -1.48. The molecular formula is C8H7ClF2O. The number of hydrogen-bond donors (Lipinski definition) is 0. The van der Waals surface area contributed by atoms with Gasteiger partial charge in [-0.1, -0.05) is 11.6 Å². The topological polar surface area (TPSA) is 9.23 Å². The molecule has 0 bridgehead atoms. The Balaban J connectivity index is 3.09. The molecule has 4 heteroatoms. The van der Waals surface area contributed by atoms with Crippen LogP contribution in [0.15, 0.2) is 12.1 Å². The van der Waals surface area contributed by atoms with Crippen LogP contribution >= 0.6 is 11.6 Å². The van der Waals surface area contributed by atoms with Gasteiger partial charge in [0.15, 0.2) is 11.6 Å². The highest BCUT2D eigenvalue weighted by molar-refractivity contribution is 6.30. The lowest BCUT2D eigenvalue weighted by molar-refractivity contribution is 0.319. The molecule has 0 radical (unpaired) electrons. The molecule has 0 aromatic heterocycles. The number of hydrogen-bond acceptors (Lipinski definition) is 1. The van der Waals surface area contributed by atoms with E-state index in [4.69, 9.17) is 16.3 Å². The molecular weight excluding hydrogens is 186 g/mol. The third-order valence-corrected chi connectivity index (χ3v) is 1.53. The molecule has 12 heavy (non-hydrogen) atoms. The van der Waals surface area contributed by atoms with Gasteiger partial charge < -0.3 is 4.74 Å². The van der Waals surface area contributed by atoms with Crippen LogP contribution in [0.4, 0.5) is 8.78 Å². The minimum absolute atomic E-state index is 0.150. The van der Waals surface area contributed by atoms with Crippen molar-refractivity contribution in [1.29, 1.82) is 0 Å². The van der Waals surface area contributed by atoms with E-state index in [9.17, 15) is 8.78 Å². The van der Waals surface area contributed by atoms with Gasteiger partial charge in [-0.15, -0.1) is 0 Å². The van der Waals surface area contributed by atoms with Crippen molar-refractivity contribution in [2.24, 2.45) is 0 Å². The molecule has 0 aliphatic heterocycles. The predicted octanol–water partition coefficient (Wildman–Crippen LogP) is 3.02. The van der Waals surface area contributed by atoms with Crippen LogP contribution in [0.25, 0.3) is 0 Å². The average molecular weight is 193 g/mol. The Morgan fingerprint density at radius 3 is 2.67 bits per heavy atom. The maximum Gasteiger partial charge on any atom is 0.183 e. The van der Waals surface area contributed by atoms with Crippen LogP contribution in [0, 0.1) is 11.6 Å². The Kier molecular flexibility index (Phi) is 2.87. The molecule has 0 aliphatic carbocycles. The minimum Gasteiger partial charge on any atom is -0.491 e. The zero-order valence-corrected chi connectivity index (χ0v) is 7.16. The molecule has 0 aliphatic rings. The van der Waals surface area contributed by atoms with Gasteiger partial charge >= 0.3 is 0 Å². The maximum atomic E-state index is 12.9. The molecule has 0 fully saturated rings. The van der Waals surface area contributed by atoms with E-state index in [0.717, 1.165) is 12.1 Å². The summed E-state index contributed by atoms with van der Waals surface area (Å²) in [5.41, 5.74) is 0. The van der Waals surface area contributed by atoms with Crippen LogP contribution in [-0.4, -0.2) is 6.61 Å². The highest BCUT2D eigenvalue weighted by Gasteiger charge is 2.09. The van der Waals surface area contributed by atoms with E-state index in [0.29, 0.717) is 0 Å². The molecule has 0 unspecified atom stereocenters. The molecule has 1 aromatic rings. The number of halogens is 3. The van der Waals surface area contributed by atoms with Gasteiger partial charge in [-0.2, -0.15) is 0 Å². The monoisotopic (exact) mass is 192 g/mol. The fourth-order valence-electron chi connectivity index (χ4n) is 0.793. The minimum atomic E-state index is -0.722. The van der Waals surface area contributed by atoms with E-state index in [2.05, 4.69) is 0 Å². The lowest BCUT2D eigenvalue weighted by Crippen LogP contribution is -1.95. The van der Waals surface area contributed by atoms with Gasteiger partial charge in [-0.3, -0.25) is 0 Å². The van der Waals surface area contributed by atoms with Crippen LogP contribution in [0.2, 0.25) is 5.02 Å². The molecule has 0 saturated carbocycles. The molecule has 0 atom stereocenters. The molecule has 0 heterocycles. The molecule has 0 amide bonds. The SMILES string of the molecule is CCOc1cc(F)cc(Cl)c1F. The summed E-state index contributed by atoms with van der Waals surface area (Å²) in [4.78, 5) is 0. The maximum absolute atomic E-state index is 12.9. The first-order chi connectivity index (χ1) is 5.65. The van der Waals surface area contributed by atoms with Crippen molar-refractivity contribution in [3.8, 4) is 5.75 Å². The summed E-state index contributed by atoms with van der Waals surface area (Å²) in [5, 5.41) is -0.265. The van der Waals surface area contributed by atoms with E-state index in [1.807, 2.05) is 0 Å². The van der Waals surface area contributed by atoms with Crippen molar-refractivity contribution in [3.05, 3.63) is 28.8 Å². The lowest BCUT2D eigenvalue weighted by atomic mass is 10.3. The van der Waals surface area contributed by atoms with Crippen LogP contribution in [0.1, 0.15) is 6.92 Å². The Morgan fingerprint density at radius 1 is 1.42 bits per heavy atom. The first-order valence-electron chi connectivity index (χ1n) is 3.42. The fraction of sp³-hybridized carbons (Fsp3) is 0.250. The molecule has 0 spiro atoms. The summed E-state index contributed by atoms with van der Waals surface area (Å²) < 4.78 is 30.3. The third-order valence-electron chi connectivity index (χ3n) is 1.26. The zero-order chi connectivity index (χ0) is 9.14. The van der Waals surface area contributed by atoms with E-state index in [1.165, 1.54) is 0 Å². The first-order valence-corrected chi connectivity index (χ1v) is 3.80. The lowest BCUT2D eigenvalue weighted by Gasteiger charge is -2.04. The van der Waals surface area contributed by atoms with Gasteiger partial charge in [0.1, 0.15) is 5.82 Å². The highest BCUT2D eigenvalue weighted by atomic mass is 35.5. The standard InChI is InChI=1S/C8H7ClF2O/c1-2-12-7-4-5(10)3-6(9)8(7)11/h3-4H,2H2,1H3. The van der Waals surface area contributed by atoms with Gasteiger partial charge in [-0.05, 0) is 13.0 Å². The average Bonchev–Trinajstić information content (AvgIpc) is 2.00. The van der Waals surface area contributed by atoms with Crippen molar-refractivity contribution < 1.29 is 13.5 Å². The van der Waals surface area contributed by atoms with E-state index >= 15 is 0 Å². The second kappa shape index (κ2) is 3.72. The predicted molar refractivity (Wildman–Crippen MR) is 42.5 cm³/mol. The van der Waals surface area contributed by atoms with E-state index in [-0.39, 0.29) is 17.4 Å². The van der Waals surface area contributed by atoms with Crippen molar-refractivity contribution in [1.82, 2.24) is 0 Å². The fourth-order valence-corrected chi connectivity index (χ4v) is 0.990. The summed E-state index contributed by atoms with van der Waals surface area (Å²) in [6.45, 7) is 1.95. The number of rotatable bonds is 2. The molecule has 66 valence electrons. The van der Waals surface area contributed by atoms with Crippen LogP contribution in [-0.2, 0) is 0 Å². The normalized spacial score (nSPS) is 10.0.